The Morgan fingerprint density at radius 2 is 2.04 bits per heavy atom. The molecule has 1 aliphatic heterocycles. The molecule has 0 unspecified atom stereocenters. The number of ether oxygens (including phenoxy) is 1. The normalized spacial score (nSPS) is 16.2. The summed E-state index contributed by atoms with van der Waals surface area (Å²) in [6.45, 7) is 2.13. The zero-order valence-electron chi connectivity index (χ0n) is 14.6. The Hall–Kier alpha value is -2.41. The van der Waals surface area contributed by atoms with E-state index in [1.54, 1.807) is 4.90 Å². The molecule has 1 heterocycles. The molecule has 25 heavy (non-hydrogen) atoms. The Bertz CT molecular complexity index is 646. The molecule has 2 amide bonds. The third kappa shape index (κ3) is 4.79. The average Bonchev–Trinajstić information content (AvgIpc) is 2.58. The van der Waals surface area contributed by atoms with Gasteiger partial charge in [0.1, 0.15) is 6.54 Å². The predicted octanol–water partition coefficient (Wildman–Crippen LogP) is 1.08. The van der Waals surface area contributed by atoms with Gasteiger partial charge in [-0.3, -0.25) is 14.4 Å². The largest absolute Gasteiger partial charge is 0.480 e. The number of nitrogens with zero attached hydrogens (tertiary/aromatic N) is 2. The number of aliphatic carboxylic acids is 1. The van der Waals surface area contributed by atoms with Gasteiger partial charge in [-0.1, -0.05) is 24.3 Å². The average molecular weight is 348 g/mol. The van der Waals surface area contributed by atoms with Crippen LogP contribution in [0.2, 0.25) is 0 Å². The van der Waals surface area contributed by atoms with E-state index in [1.165, 1.54) is 18.9 Å². The quantitative estimate of drug-likeness (QED) is 0.797. The van der Waals surface area contributed by atoms with Crippen molar-refractivity contribution in [3.05, 3.63) is 35.4 Å². The van der Waals surface area contributed by atoms with Crippen molar-refractivity contribution in [2.24, 2.45) is 0 Å². The van der Waals surface area contributed by atoms with E-state index in [9.17, 15) is 14.4 Å². The van der Waals surface area contributed by atoms with Gasteiger partial charge in [-0.2, -0.15) is 0 Å². The molecule has 0 spiro atoms. The van der Waals surface area contributed by atoms with Crippen molar-refractivity contribution in [1.29, 1.82) is 0 Å². The molecule has 0 fully saturated rings. The minimum Gasteiger partial charge on any atom is -0.480 e. The summed E-state index contributed by atoms with van der Waals surface area (Å²) in [5.41, 5.74) is 2.08. The van der Waals surface area contributed by atoms with Crippen molar-refractivity contribution in [1.82, 2.24) is 9.80 Å². The number of carbonyl (C=O) groups is 3. The zero-order valence-corrected chi connectivity index (χ0v) is 14.6. The van der Waals surface area contributed by atoms with Crippen LogP contribution in [0.25, 0.3) is 0 Å². The van der Waals surface area contributed by atoms with Gasteiger partial charge in [0.2, 0.25) is 11.8 Å². The number of hydrogen-bond acceptors (Lipinski definition) is 4. The number of carboxylic acids is 1. The number of amides is 2. The molecule has 7 heteroatoms. The van der Waals surface area contributed by atoms with Crippen LogP contribution >= 0.6 is 0 Å². The number of methoxy groups -OCH3 is 1. The first kappa shape index (κ1) is 18.9. The second kappa shape index (κ2) is 8.62. The monoisotopic (exact) mass is 348 g/mol. The summed E-state index contributed by atoms with van der Waals surface area (Å²) < 4.78 is 4.96. The standard InChI is InChI=1S/C18H24N2O5/c1-13(21)20-8-7-14-5-3-4-6-15(14)16(20)11-17(22)19(9-10-25-2)12-18(23)24/h3-6,16H,7-12H2,1-2H3,(H,23,24)/t16-/m1/s1. The van der Waals surface area contributed by atoms with E-state index in [0.717, 1.165) is 17.5 Å². The van der Waals surface area contributed by atoms with E-state index < -0.39 is 5.97 Å². The first-order chi connectivity index (χ1) is 11.9. The molecule has 1 N–H and O–H groups in total. The molecule has 1 aliphatic rings. The van der Waals surface area contributed by atoms with Gasteiger partial charge in [0.05, 0.1) is 19.1 Å². The third-order valence-electron chi connectivity index (χ3n) is 4.43. The summed E-state index contributed by atoms with van der Waals surface area (Å²) in [6, 6.07) is 7.40. The van der Waals surface area contributed by atoms with Crippen LogP contribution < -0.4 is 0 Å². The summed E-state index contributed by atoms with van der Waals surface area (Å²) in [4.78, 5) is 38.7. The highest BCUT2D eigenvalue weighted by atomic mass is 16.5. The number of carbonyl (C=O) groups excluding carboxylic acids is 2. The minimum atomic E-state index is -1.07. The summed E-state index contributed by atoms with van der Waals surface area (Å²) in [6.07, 6.45) is 0.816. The van der Waals surface area contributed by atoms with Crippen molar-refractivity contribution in [2.45, 2.75) is 25.8 Å². The van der Waals surface area contributed by atoms with Crippen LogP contribution in [0.4, 0.5) is 0 Å². The van der Waals surface area contributed by atoms with Gasteiger partial charge in [0, 0.05) is 27.1 Å². The number of hydrogen-bond donors (Lipinski definition) is 1. The Balaban J connectivity index is 2.22. The molecule has 0 aromatic heterocycles. The maximum Gasteiger partial charge on any atom is 0.323 e. The molecular formula is C18H24N2O5. The maximum atomic E-state index is 12.7. The predicted molar refractivity (Wildman–Crippen MR) is 91.0 cm³/mol. The fraction of sp³-hybridized carbons (Fsp3) is 0.500. The van der Waals surface area contributed by atoms with Gasteiger partial charge in [0.25, 0.3) is 0 Å². The van der Waals surface area contributed by atoms with E-state index in [-0.39, 0.29) is 44.0 Å². The van der Waals surface area contributed by atoms with Gasteiger partial charge < -0.3 is 19.6 Å². The van der Waals surface area contributed by atoms with Gasteiger partial charge >= 0.3 is 5.97 Å². The van der Waals surface area contributed by atoms with Crippen LogP contribution in [0.15, 0.2) is 24.3 Å². The zero-order chi connectivity index (χ0) is 18.4. The maximum absolute atomic E-state index is 12.7. The van der Waals surface area contributed by atoms with Crippen LogP contribution in [0.3, 0.4) is 0 Å². The lowest BCUT2D eigenvalue weighted by molar-refractivity contribution is -0.146. The van der Waals surface area contributed by atoms with Crippen molar-refractivity contribution >= 4 is 17.8 Å². The molecule has 1 aromatic carbocycles. The molecule has 136 valence electrons. The molecule has 0 saturated heterocycles. The fourth-order valence-electron chi connectivity index (χ4n) is 3.20. The van der Waals surface area contributed by atoms with Gasteiger partial charge in [-0.15, -0.1) is 0 Å². The van der Waals surface area contributed by atoms with Crippen LogP contribution in [-0.4, -0.2) is 66.0 Å². The van der Waals surface area contributed by atoms with Crippen molar-refractivity contribution in [2.75, 3.05) is 33.4 Å². The van der Waals surface area contributed by atoms with Crippen LogP contribution in [0.1, 0.15) is 30.5 Å². The summed E-state index contributed by atoms with van der Waals surface area (Å²) in [5, 5.41) is 9.04. The van der Waals surface area contributed by atoms with Crippen molar-refractivity contribution in [3.63, 3.8) is 0 Å². The summed E-state index contributed by atoms with van der Waals surface area (Å²) in [7, 11) is 1.50. The number of fused-ring (bicyclic) bond motifs is 1. The summed E-state index contributed by atoms with van der Waals surface area (Å²) in [5.74, 6) is -1.46. The van der Waals surface area contributed by atoms with Crippen LogP contribution in [0, 0.1) is 0 Å². The van der Waals surface area contributed by atoms with Crippen molar-refractivity contribution in [3.8, 4) is 0 Å². The summed E-state index contributed by atoms with van der Waals surface area (Å²) >= 11 is 0. The third-order valence-corrected chi connectivity index (χ3v) is 4.43. The molecule has 0 bridgehead atoms. The Morgan fingerprint density at radius 3 is 2.68 bits per heavy atom. The highest BCUT2D eigenvalue weighted by molar-refractivity contribution is 5.83. The number of rotatable bonds is 7. The Labute approximate surface area is 147 Å². The smallest absolute Gasteiger partial charge is 0.323 e. The van der Waals surface area contributed by atoms with Crippen LogP contribution in [0.5, 0.6) is 0 Å². The van der Waals surface area contributed by atoms with E-state index in [0.29, 0.717) is 6.54 Å². The second-order valence-electron chi connectivity index (χ2n) is 6.08. The highest BCUT2D eigenvalue weighted by Gasteiger charge is 2.32. The fourth-order valence-corrected chi connectivity index (χ4v) is 3.20. The first-order valence-electron chi connectivity index (χ1n) is 8.27. The van der Waals surface area contributed by atoms with Gasteiger partial charge in [-0.25, -0.2) is 0 Å². The SMILES string of the molecule is COCCN(CC(=O)O)C(=O)C[C@@H]1c2ccccc2CCN1C(C)=O. The first-order valence-corrected chi connectivity index (χ1v) is 8.27. The molecule has 2 rings (SSSR count). The van der Waals surface area contributed by atoms with Crippen molar-refractivity contribution < 1.29 is 24.2 Å². The number of benzene rings is 1. The highest BCUT2D eigenvalue weighted by Crippen LogP contribution is 2.32. The minimum absolute atomic E-state index is 0.0631. The molecule has 0 aliphatic carbocycles. The lowest BCUT2D eigenvalue weighted by atomic mass is 9.90. The molecule has 1 aromatic rings. The Kier molecular flexibility index (Phi) is 6.52. The van der Waals surface area contributed by atoms with E-state index in [2.05, 4.69) is 0 Å². The van der Waals surface area contributed by atoms with Crippen LogP contribution in [-0.2, 0) is 25.5 Å². The van der Waals surface area contributed by atoms with E-state index in [4.69, 9.17) is 9.84 Å². The second-order valence-corrected chi connectivity index (χ2v) is 6.08. The molecule has 0 radical (unpaired) electrons. The van der Waals surface area contributed by atoms with E-state index >= 15 is 0 Å². The lowest BCUT2D eigenvalue weighted by Crippen LogP contribution is -2.43. The topological polar surface area (TPSA) is 87.2 Å². The Morgan fingerprint density at radius 1 is 1.32 bits per heavy atom. The molecular weight excluding hydrogens is 324 g/mol. The van der Waals surface area contributed by atoms with Gasteiger partial charge in [-0.05, 0) is 17.5 Å². The molecule has 7 nitrogen and oxygen atoms in total. The van der Waals surface area contributed by atoms with Gasteiger partial charge in [0.15, 0.2) is 0 Å². The lowest BCUT2D eigenvalue weighted by Gasteiger charge is -2.37. The number of carboxylic acid groups (broad SMARTS) is 1. The molecule has 0 saturated carbocycles. The van der Waals surface area contributed by atoms with E-state index in [1.807, 2.05) is 24.3 Å². The molecule has 1 atom stereocenters.